The number of halogens is 5. The molecule has 176 valence electrons. The average Bonchev–Trinajstić information content (AvgIpc) is 3.25. The number of hydrogen-bond acceptors (Lipinski definition) is 7. The first-order valence-corrected chi connectivity index (χ1v) is 10.8. The van der Waals surface area contributed by atoms with E-state index in [1.807, 2.05) is 0 Å². The predicted octanol–water partition coefficient (Wildman–Crippen LogP) is 2.93. The van der Waals surface area contributed by atoms with E-state index in [1.165, 1.54) is 24.4 Å². The van der Waals surface area contributed by atoms with Gasteiger partial charge in [-0.1, -0.05) is 34.6 Å². The third-order valence-electron chi connectivity index (χ3n) is 5.10. The van der Waals surface area contributed by atoms with Gasteiger partial charge in [-0.15, -0.1) is 5.10 Å². The zero-order valence-electron chi connectivity index (χ0n) is 16.4. The van der Waals surface area contributed by atoms with Crippen molar-refractivity contribution in [3.8, 4) is 11.3 Å². The Morgan fingerprint density at radius 2 is 1.76 bits per heavy atom. The van der Waals surface area contributed by atoms with Crippen LogP contribution in [0, 0.1) is 23.3 Å². The van der Waals surface area contributed by atoms with Gasteiger partial charge in [-0.3, -0.25) is 0 Å². The first-order chi connectivity index (χ1) is 15.7. The zero-order valence-corrected chi connectivity index (χ0v) is 18.0. The van der Waals surface area contributed by atoms with Gasteiger partial charge >= 0.3 is 0 Å². The standard InChI is InChI=1S/C20H16ClF4N3O4S/c21-9-2-1-3-10(22)19(9)33-20-18(31)16(17(30)14(7-29)32-20)28-6-13(26-27-28)8-4-11(23)15(25)12(24)5-8/h1-6,14,16-18,20,29-31H,7H2/t14-,16+,17+,18-,20-/m0/s1. The Hall–Kier alpha value is -2.22. The molecule has 33 heavy (non-hydrogen) atoms. The molecule has 1 aromatic heterocycles. The van der Waals surface area contributed by atoms with Gasteiger partial charge in [0.1, 0.15) is 41.3 Å². The monoisotopic (exact) mass is 505 g/mol. The molecule has 7 nitrogen and oxygen atoms in total. The van der Waals surface area contributed by atoms with Crippen molar-refractivity contribution in [2.75, 3.05) is 6.61 Å². The number of benzene rings is 2. The molecule has 0 radical (unpaired) electrons. The van der Waals surface area contributed by atoms with Crippen LogP contribution in [0.15, 0.2) is 41.4 Å². The van der Waals surface area contributed by atoms with Gasteiger partial charge in [-0.2, -0.15) is 0 Å². The van der Waals surface area contributed by atoms with Gasteiger partial charge in [0.2, 0.25) is 0 Å². The molecule has 5 atom stereocenters. The van der Waals surface area contributed by atoms with Crippen molar-refractivity contribution in [3.05, 3.63) is 64.8 Å². The lowest BCUT2D eigenvalue weighted by atomic mass is 9.97. The number of aliphatic hydroxyl groups is 3. The summed E-state index contributed by atoms with van der Waals surface area (Å²) in [6, 6.07) is 4.22. The van der Waals surface area contributed by atoms with Crippen molar-refractivity contribution in [1.29, 1.82) is 0 Å². The Kier molecular flexibility index (Phi) is 6.93. The molecular weight excluding hydrogens is 490 g/mol. The first kappa shape index (κ1) is 23.9. The highest BCUT2D eigenvalue weighted by Crippen LogP contribution is 2.41. The van der Waals surface area contributed by atoms with Crippen molar-refractivity contribution in [3.63, 3.8) is 0 Å². The van der Waals surface area contributed by atoms with E-state index in [9.17, 15) is 32.9 Å². The lowest BCUT2D eigenvalue weighted by Crippen LogP contribution is -2.55. The molecule has 3 aromatic rings. The summed E-state index contributed by atoms with van der Waals surface area (Å²) >= 11 is 6.79. The fourth-order valence-electron chi connectivity index (χ4n) is 3.45. The van der Waals surface area contributed by atoms with E-state index in [1.54, 1.807) is 0 Å². The Balaban J connectivity index is 1.66. The molecule has 0 unspecified atom stereocenters. The highest BCUT2D eigenvalue weighted by Gasteiger charge is 2.46. The fraction of sp³-hybridized carbons (Fsp3) is 0.300. The van der Waals surface area contributed by atoms with Crippen LogP contribution in [0.4, 0.5) is 17.6 Å². The van der Waals surface area contributed by atoms with Crippen LogP contribution in [0.3, 0.4) is 0 Å². The minimum Gasteiger partial charge on any atom is -0.394 e. The molecule has 0 aliphatic carbocycles. The summed E-state index contributed by atoms with van der Waals surface area (Å²) in [5.74, 6) is -5.15. The Morgan fingerprint density at radius 3 is 2.39 bits per heavy atom. The molecule has 1 aliphatic heterocycles. The Bertz CT molecular complexity index is 1130. The molecule has 2 heterocycles. The van der Waals surface area contributed by atoms with Crippen LogP contribution >= 0.6 is 23.4 Å². The molecule has 2 aromatic carbocycles. The summed E-state index contributed by atoms with van der Waals surface area (Å²) < 4.78 is 61.3. The lowest BCUT2D eigenvalue weighted by Gasteiger charge is -2.41. The van der Waals surface area contributed by atoms with Gasteiger partial charge in [-0.25, -0.2) is 22.2 Å². The summed E-state index contributed by atoms with van der Waals surface area (Å²) in [6.07, 6.45) is -2.98. The molecule has 1 saturated heterocycles. The van der Waals surface area contributed by atoms with Crippen LogP contribution in [0.2, 0.25) is 5.02 Å². The van der Waals surface area contributed by atoms with Crippen LogP contribution < -0.4 is 0 Å². The number of aliphatic hydroxyl groups excluding tert-OH is 3. The van der Waals surface area contributed by atoms with E-state index >= 15 is 0 Å². The molecule has 4 rings (SSSR count). The van der Waals surface area contributed by atoms with Gasteiger partial charge in [-0.05, 0) is 24.3 Å². The van der Waals surface area contributed by atoms with E-state index in [0.717, 1.165) is 28.6 Å². The summed E-state index contributed by atoms with van der Waals surface area (Å²) in [6.45, 7) is -0.637. The second-order valence-electron chi connectivity index (χ2n) is 7.20. The molecule has 0 bridgehead atoms. The molecule has 0 saturated carbocycles. The summed E-state index contributed by atoms with van der Waals surface area (Å²) in [5, 5.41) is 38.8. The molecular formula is C20H16ClF4N3O4S. The van der Waals surface area contributed by atoms with Gasteiger partial charge in [0.15, 0.2) is 17.5 Å². The van der Waals surface area contributed by atoms with Crippen molar-refractivity contribution < 1.29 is 37.6 Å². The van der Waals surface area contributed by atoms with Crippen LogP contribution in [-0.2, 0) is 4.74 Å². The summed E-state index contributed by atoms with van der Waals surface area (Å²) in [4.78, 5) is -0.00779. The van der Waals surface area contributed by atoms with Gasteiger partial charge in [0.05, 0.1) is 22.7 Å². The molecule has 1 fully saturated rings. The number of nitrogens with zero attached hydrogens (tertiary/aromatic N) is 3. The van der Waals surface area contributed by atoms with Gasteiger partial charge < -0.3 is 20.1 Å². The maximum atomic E-state index is 14.2. The molecule has 13 heteroatoms. The third-order valence-corrected chi connectivity index (χ3v) is 6.80. The molecule has 0 amide bonds. The predicted molar refractivity (Wildman–Crippen MR) is 109 cm³/mol. The topological polar surface area (TPSA) is 101 Å². The molecule has 0 spiro atoms. The lowest BCUT2D eigenvalue weighted by molar-refractivity contribution is -0.178. The van der Waals surface area contributed by atoms with E-state index in [4.69, 9.17) is 16.3 Å². The van der Waals surface area contributed by atoms with Gasteiger partial charge in [0, 0.05) is 5.56 Å². The molecule has 1 aliphatic rings. The van der Waals surface area contributed by atoms with E-state index in [0.29, 0.717) is 0 Å². The number of aromatic nitrogens is 3. The number of thioether (sulfide) groups is 1. The minimum absolute atomic E-state index is 0.00779. The quantitative estimate of drug-likeness (QED) is 0.362. The van der Waals surface area contributed by atoms with E-state index in [2.05, 4.69) is 10.3 Å². The summed E-state index contributed by atoms with van der Waals surface area (Å²) in [7, 11) is 0. The second-order valence-corrected chi connectivity index (χ2v) is 8.72. The number of rotatable bonds is 5. The SMILES string of the molecule is OC[C@@H]1O[C@@H](Sc2c(F)cccc2Cl)[C@@H](O)[C@H](n2cc(-c3cc(F)c(F)c(F)c3)nn2)[C@@H]1O. The van der Waals surface area contributed by atoms with Crippen molar-refractivity contribution in [2.24, 2.45) is 0 Å². The maximum Gasteiger partial charge on any atom is 0.194 e. The minimum atomic E-state index is -1.64. The van der Waals surface area contributed by atoms with Crippen LogP contribution in [-0.4, -0.2) is 60.7 Å². The van der Waals surface area contributed by atoms with Crippen LogP contribution in [0.25, 0.3) is 11.3 Å². The first-order valence-electron chi connectivity index (χ1n) is 9.51. The molecule has 3 N–H and O–H groups in total. The largest absolute Gasteiger partial charge is 0.394 e. The van der Waals surface area contributed by atoms with Crippen molar-refractivity contribution in [2.45, 2.75) is 34.7 Å². The highest BCUT2D eigenvalue weighted by molar-refractivity contribution is 8.00. The van der Waals surface area contributed by atoms with Crippen molar-refractivity contribution >= 4 is 23.4 Å². The van der Waals surface area contributed by atoms with Crippen LogP contribution in [0.5, 0.6) is 0 Å². The normalized spacial score (nSPS) is 25.4. The Labute approximate surface area is 193 Å². The number of hydrogen-bond donors (Lipinski definition) is 3. The number of ether oxygens (including phenoxy) is 1. The average molecular weight is 506 g/mol. The third kappa shape index (κ3) is 4.59. The van der Waals surface area contributed by atoms with E-state index < -0.39 is 59.7 Å². The van der Waals surface area contributed by atoms with Gasteiger partial charge in [0.25, 0.3) is 0 Å². The second kappa shape index (κ2) is 9.57. The summed E-state index contributed by atoms with van der Waals surface area (Å²) in [5.41, 5.74) is -1.38. The fourth-order valence-corrected chi connectivity index (χ4v) is 4.84. The smallest absolute Gasteiger partial charge is 0.194 e. The van der Waals surface area contributed by atoms with Crippen LogP contribution in [0.1, 0.15) is 6.04 Å². The zero-order chi connectivity index (χ0) is 23.9. The highest BCUT2D eigenvalue weighted by atomic mass is 35.5. The Morgan fingerprint density at radius 1 is 1.06 bits per heavy atom. The van der Waals surface area contributed by atoms with Crippen molar-refractivity contribution in [1.82, 2.24) is 15.0 Å². The maximum absolute atomic E-state index is 14.2. The van der Waals surface area contributed by atoms with E-state index in [-0.39, 0.29) is 21.2 Å².